The van der Waals surface area contributed by atoms with Crippen LogP contribution in [0.25, 0.3) is 0 Å². The summed E-state index contributed by atoms with van der Waals surface area (Å²) in [4.78, 5) is 29.4. The Morgan fingerprint density at radius 1 is 1.08 bits per heavy atom. The van der Waals surface area contributed by atoms with Crippen LogP contribution in [0.1, 0.15) is 48.9 Å². The lowest BCUT2D eigenvalue weighted by Crippen LogP contribution is -2.54. The Morgan fingerprint density at radius 3 is 2.36 bits per heavy atom. The number of rotatable bonds is 8. The molecule has 1 aliphatic carbocycles. The molecule has 2 aromatic rings. The second-order valence-corrected chi connectivity index (χ2v) is 9.63. The minimum absolute atomic E-state index is 0.00992. The highest BCUT2D eigenvalue weighted by Gasteiger charge is 2.44. The molecule has 1 fully saturated rings. The Kier molecular flexibility index (Phi) is 10.3. The van der Waals surface area contributed by atoms with E-state index in [1.165, 1.54) is 6.07 Å². The van der Waals surface area contributed by atoms with Crippen LogP contribution in [0.15, 0.2) is 46.6 Å². The molecule has 1 aliphatic rings. The number of carbonyl (C=O) groups is 1. The third-order valence-electron chi connectivity index (χ3n) is 6.40. The Hall–Kier alpha value is -3.19. The lowest BCUT2D eigenvalue weighted by molar-refractivity contribution is -0.152. The Labute approximate surface area is 225 Å². The summed E-state index contributed by atoms with van der Waals surface area (Å²) in [6.45, 7) is 0. The fourth-order valence-electron chi connectivity index (χ4n) is 4.33. The zero-order valence-electron chi connectivity index (χ0n) is 20.7. The number of benzene rings is 2. The highest BCUT2D eigenvalue weighted by molar-refractivity contribution is 6.31. The van der Waals surface area contributed by atoms with E-state index in [9.17, 15) is 36.0 Å². The molecule has 39 heavy (non-hydrogen) atoms. The minimum Gasteiger partial charge on any atom is -0.340 e. The van der Waals surface area contributed by atoms with Gasteiger partial charge in [0, 0.05) is 28.7 Å². The van der Waals surface area contributed by atoms with Crippen LogP contribution in [-0.4, -0.2) is 48.2 Å². The van der Waals surface area contributed by atoms with Crippen molar-refractivity contribution in [3.63, 3.8) is 0 Å². The molecular formula is C25H26ClF6N5O2. The van der Waals surface area contributed by atoms with Gasteiger partial charge in [0.15, 0.2) is 17.7 Å². The number of guanidine groups is 1. The Morgan fingerprint density at radius 2 is 1.77 bits per heavy atom. The van der Waals surface area contributed by atoms with Crippen LogP contribution in [0.4, 0.5) is 32.0 Å². The van der Waals surface area contributed by atoms with Crippen molar-refractivity contribution in [1.82, 2.24) is 10.2 Å². The average molecular weight is 578 g/mol. The Balaban J connectivity index is 2.00. The molecule has 7 nitrogen and oxygen atoms in total. The van der Waals surface area contributed by atoms with E-state index in [1.54, 1.807) is 11.9 Å². The van der Waals surface area contributed by atoms with E-state index >= 15 is 0 Å². The standard InChI is InChI=1S/C25H26ClF6N5O2/c1-37(18-5-3-2-4-6-18)22(13-21(36-39)25(30,31)32)34-24(33-17-11-15(26)10-16(27)12-17)35-23(38)14-7-8-19(28)20(29)9-14/h7-12,18,21-22H,2-6,13H2,1H3,(H2,33,34,35,38). The molecule has 0 radical (unpaired) electrons. The molecule has 0 saturated heterocycles. The third-order valence-corrected chi connectivity index (χ3v) is 6.62. The molecule has 0 spiro atoms. The number of anilines is 1. The largest absolute Gasteiger partial charge is 0.414 e. The van der Waals surface area contributed by atoms with Crippen molar-refractivity contribution in [2.24, 2.45) is 10.2 Å². The van der Waals surface area contributed by atoms with Gasteiger partial charge in [-0.3, -0.25) is 9.69 Å². The predicted octanol–water partition coefficient (Wildman–Crippen LogP) is 6.63. The topological polar surface area (TPSA) is 86.2 Å². The number of hydrogen-bond acceptors (Lipinski definition) is 4. The van der Waals surface area contributed by atoms with Gasteiger partial charge in [-0.1, -0.05) is 36.0 Å². The number of nitrogens with zero attached hydrogens (tertiary/aromatic N) is 3. The number of alkyl halides is 3. The van der Waals surface area contributed by atoms with Crippen LogP contribution in [0.5, 0.6) is 0 Å². The summed E-state index contributed by atoms with van der Waals surface area (Å²) >= 11 is 5.90. The first-order valence-electron chi connectivity index (χ1n) is 12.1. The number of aliphatic imine (C=N–C) groups is 1. The van der Waals surface area contributed by atoms with Crippen LogP contribution in [0, 0.1) is 22.4 Å². The molecule has 2 unspecified atom stereocenters. The molecule has 0 heterocycles. The van der Waals surface area contributed by atoms with Crippen molar-refractivity contribution in [3.05, 3.63) is 69.3 Å². The van der Waals surface area contributed by atoms with Crippen LogP contribution < -0.4 is 10.6 Å². The van der Waals surface area contributed by atoms with Gasteiger partial charge < -0.3 is 10.6 Å². The first-order valence-corrected chi connectivity index (χ1v) is 12.4. The lowest BCUT2D eigenvalue weighted by Gasteiger charge is -2.38. The van der Waals surface area contributed by atoms with Gasteiger partial charge in [0.25, 0.3) is 5.91 Å². The quantitative estimate of drug-likeness (QED) is 0.121. The summed E-state index contributed by atoms with van der Waals surface area (Å²) in [7, 11) is 1.57. The van der Waals surface area contributed by atoms with Crippen LogP contribution in [0.2, 0.25) is 5.02 Å². The first-order chi connectivity index (χ1) is 18.4. The molecule has 1 amide bonds. The Bertz CT molecular complexity index is 1190. The molecular weight excluding hydrogens is 552 g/mol. The number of halogens is 7. The maximum absolute atomic E-state index is 14.0. The SMILES string of the molecule is CN(C1CCCCC1)C(CC(N=O)C(F)(F)F)N/C(=N\C(=O)c1ccc(F)c(F)c1)Nc1cc(F)cc(Cl)c1. The highest BCUT2D eigenvalue weighted by atomic mass is 35.5. The molecule has 3 rings (SSSR count). The van der Waals surface area contributed by atoms with Gasteiger partial charge in [0.05, 0.1) is 6.17 Å². The van der Waals surface area contributed by atoms with E-state index in [0.717, 1.165) is 37.5 Å². The molecule has 0 aliphatic heterocycles. The van der Waals surface area contributed by atoms with Gasteiger partial charge in [0.2, 0.25) is 5.96 Å². The van der Waals surface area contributed by atoms with Gasteiger partial charge in [0.1, 0.15) is 5.82 Å². The maximum atomic E-state index is 14.0. The van der Waals surface area contributed by atoms with Crippen LogP contribution in [0.3, 0.4) is 0 Å². The summed E-state index contributed by atoms with van der Waals surface area (Å²) in [5, 5.41) is 7.56. The summed E-state index contributed by atoms with van der Waals surface area (Å²) in [6, 6.07) is 2.85. The molecule has 0 aromatic heterocycles. The molecule has 0 bridgehead atoms. The first kappa shape index (κ1) is 30.4. The van der Waals surface area contributed by atoms with Gasteiger partial charge >= 0.3 is 6.18 Å². The van der Waals surface area contributed by atoms with Crippen molar-refractivity contribution in [2.45, 2.75) is 63.0 Å². The molecule has 2 N–H and O–H groups in total. The van der Waals surface area contributed by atoms with E-state index < -0.39 is 54.1 Å². The van der Waals surface area contributed by atoms with Gasteiger partial charge in [-0.25, -0.2) is 13.2 Å². The van der Waals surface area contributed by atoms with Gasteiger partial charge in [-0.2, -0.15) is 23.1 Å². The van der Waals surface area contributed by atoms with Crippen molar-refractivity contribution in [1.29, 1.82) is 0 Å². The summed E-state index contributed by atoms with van der Waals surface area (Å²) in [5.41, 5.74) is -0.364. The molecule has 14 heteroatoms. The maximum Gasteiger partial charge on any atom is 0.414 e. The average Bonchev–Trinajstić information content (AvgIpc) is 2.86. The highest BCUT2D eigenvalue weighted by Crippen LogP contribution is 2.29. The number of amides is 1. The molecule has 1 saturated carbocycles. The normalized spacial score (nSPS) is 16.6. The van der Waals surface area contributed by atoms with Crippen LogP contribution in [-0.2, 0) is 0 Å². The zero-order chi connectivity index (χ0) is 28.7. The second-order valence-electron chi connectivity index (χ2n) is 9.19. The zero-order valence-corrected chi connectivity index (χ0v) is 21.5. The van der Waals surface area contributed by atoms with Crippen LogP contribution >= 0.6 is 11.6 Å². The van der Waals surface area contributed by atoms with Crippen molar-refractivity contribution < 1.29 is 31.1 Å². The minimum atomic E-state index is -4.93. The second kappa shape index (κ2) is 13.2. The van der Waals surface area contributed by atoms with Crippen molar-refractivity contribution in [2.75, 3.05) is 12.4 Å². The number of carbonyl (C=O) groups excluding carboxylic acids is 1. The van der Waals surface area contributed by atoms with E-state index in [1.807, 2.05) is 0 Å². The van der Waals surface area contributed by atoms with E-state index in [4.69, 9.17) is 11.6 Å². The number of nitrogens with one attached hydrogen (secondary N) is 2. The smallest absolute Gasteiger partial charge is 0.340 e. The van der Waals surface area contributed by atoms with E-state index in [2.05, 4.69) is 20.8 Å². The fourth-order valence-corrected chi connectivity index (χ4v) is 4.55. The lowest BCUT2D eigenvalue weighted by atomic mass is 9.93. The van der Waals surface area contributed by atoms with E-state index in [-0.39, 0.29) is 22.3 Å². The monoisotopic (exact) mass is 577 g/mol. The van der Waals surface area contributed by atoms with E-state index in [0.29, 0.717) is 25.0 Å². The number of nitroso groups, excluding NO2 is 1. The summed E-state index contributed by atoms with van der Waals surface area (Å²) < 4.78 is 81.5. The summed E-state index contributed by atoms with van der Waals surface area (Å²) in [6.07, 6.45) is -2.93. The number of hydrogen-bond donors (Lipinski definition) is 2. The predicted molar refractivity (Wildman–Crippen MR) is 135 cm³/mol. The molecule has 2 atom stereocenters. The summed E-state index contributed by atoms with van der Waals surface area (Å²) in [5.74, 6) is -4.78. The van der Waals surface area contributed by atoms with Crippen molar-refractivity contribution >= 4 is 29.2 Å². The molecule has 2 aromatic carbocycles. The van der Waals surface area contributed by atoms with Gasteiger partial charge in [-0.05, 0) is 56.3 Å². The van der Waals surface area contributed by atoms with Gasteiger partial charge in [-0.15, -0.1) is 0 Å². The molecule has 212 valence electrons. The van der Waals surface area contributed by atoms with Crippen molar-refractivity contribution in [3.8, 4) is 0 Å². The third kappa shape index (κ3) is 8.65. The fraction of sp³-hybridized carbons (Fsp3) is 0.440.